The van der Waals surface area contributed by atoms with Crippen molar-refractivity contribution >= 4 is 11.8 Å². The van der Waals surface area contributed by atoms with E-state index in [0.29, 0.717) is 0 Å². The van der Waals surface area contributed by atoms with E-state index in [0.717, 1.165) is 17.1 Å². The van der Waals surface area contributed by atoms with Crippen LogP contribution in [0.25, 0.3) is 6.08 Å². The van der Waals surface area contributed by atoms with Crippen molar-refractivity contribution in [2.24, 2.45) is 4.99 Å². The number of hydrogen-bond acceptors (Lipinski definition) is 2. The number of aliphatic imine (C=N–C) groups is 1. The molecule has 0 radical (unpaired) electrons. The van der Waals surface area contributed by atoms with Gasteiger partial charge in [-0.1, -0.05) is 24.3 Å². The zero-order chi connectivity index (χ0) is 12.7. The van der Waals surface area contributed by atoms with E-state index in [1.165, 1.54) is 16.7 Å². The molecule has 1 aromatic heterocycles. The predicted octanol–water partition coefficient (Wildman–Crippen LogP) is 3.81. The molecule has 1 aliphatic carbocycles. The summed E-state index contributed by atoms with van der Waals surface area (Å²) < 4.78 is 0. The molecule has 0 N–H and O–H groups in total. The van der Waals surface area contributed by atoms with E-state index in [-0.39, 0.29) is 6.04 Å². The first kappa shape index (κ1) is 11.1. The fourth-order valence-corrected chi connectivity index (χ4v) is 2.33. The van der Waals surface area contributed by atoms with Crippen LogP contribution in [0.4, 0.5) is 0 Å². The summed E-state index contributed by atoms with van der Waals surface area (Å²) in [5, 5.41) is 0. The summed E-state index contributed by atoms with van der Waals surface area (Å²) in [6.45, 7) is 6.20. The molecule has 3 rings (SSSR count). The molecule has 0 saturated carbocycles. The van der Waals surface area contributed by atoms with Crippen molar-refractivity contribution in [3.05, 3.63) is 58.5 Å². The third-order valence-corrected chi connectivity index (χ3v) is 3.47. The summed E-state index contributed by atoms with van der Waals surface area (Å²) in [7, 11) is 0. The van der Waals surface area contributed by atoms with Crippen molar-refractivity contribution in [3.8, 4) is 0 Å². The van der Waals surface area contributed by atoms with Crippen molar-refractivity contribution in [3.63, 3.8) is 0 Å². The maximum Gasteiger partial charge on any atom is 0.112 e. The quantitative estimate of drug-likeness (QED) is 0.672. The summed E-state index contributed by atoms with van der Waals surface area (Å²) in [5.41, 5.74) is 6.81. The number of pyridine rings is 1. The van der Waals surface area contributed by atoms with E-state index in [4.69, 9.17) is 4.99 Å². The highest BCUT2D eigenvalue weighted by molar-refractivity contribution is 5.99. The van der Waals surface area contributed by atoms with Crippen LogP contribution >= 0.6 is 0 Å². The van der Waals surface area contributed by atoms with Gasteiger partial charge >= 0.3 is 0 Å². The van der Waals surface area contributed by atoms with Gasteiger partial charge in [-0.05, 0) is 49.6 Å². The van der Waals surface area contributed by atoms with E-state index in [1.54, 1.807) is 0 Å². The van der Waals surface area contributed by atoms with Gasteiger partial charge in [-0.3, -0.25) is 9.98 Å². The smallest absolute Gasteiger partial charge is 0.112 e. The van der Waals surface area contributed by atoms with Crippen LogP contribution in [0.3, 0.4) is 0 Å². The lowest BCUT2D eigenvalue weighted by atomic mass is 10.1. The van der Waals surface area contributed by atoms with Crippen LogP contribution in [0.1, 0.15) is 36.8 Å². The van der Waals surface area contributed by atoms with Crippen LogP contribution in [0.15, 0.2) is 46.5 Å². The molecule has 0 fully saturated rings. The Morgan fingerprint density at radius 3 is 2.72 bits per heavy atom. The number of aryl methyl sites for hydroxylation is 1. The van der Waals surface area contributed by atoms with Crippen molar-refractivity contribution in [1.82, 2.24) is 4.98 Å². The lowest BCUT2D eigenvalue weighted by Crippen LogP contribution is -2.03. The fourth-order valence-electron chi connectivity index (χ4n) is 2.33. The Balaban J connectivity index is 2.22. The number of hydrogen-bond donors (Lipinski definition) is 0. The molecule has 0 spiro atoms. The first-order valence-electron chi connectivity index (χ1n) is 6.24. The standard InChI is InChI=1S/C16H16N2/c1-10-8-13-5-7-14-6-4-11(2)17-16(14)15(9-13)18-12(10)3/h4-9,15H,1-3H3. The van der Waals surface area contributed by atoms with Gasteiger partial charge in [0.1, 0.15) is 6.04 Å². The Bertz CT molecular complexity index is 630. The van der Waals surface area contributed by atoms with Crippen LogP contribution in [0, 0.1) is 6.92 Å². The van der Waals surface area contributed by atoms with Crippen molar-refractivity contribution in [2.75, 3.05) is 0 Å². The summed E-state index contributed by atoms with van der Waals surface area (Å²) >= 11 is 0. The average molecular weight is 236 g/mol. The molecule has 2 aliphatic rings. The second kappa shape index (κ2) is 4.05. The number of rotatable bonds is 0. The van der Waals surface area contributed by atoms with E-state index < -0.39 is 0 Å². The molecule has 2 heterocycles. The third kappa shape index (κ3) is 1.84. The summed E-state index contributed by atoms with van der Waals surface area (Å²) in [5.74, 6) is 0. The summed E-state index contributed by atoms with van der Waals surface area (Å²) in [4.78, 5) is 9.46. The van der Waals surface area contributed by atoms with Gasteiger partial charge in [0.2, 0.25) is 0 Å². The Morgan fingerprint density at radius 1 is 1.06 bits per heavy atom. The van der Waals surface area contributed by atoms with Gasteiger partial charge in [0, 0.05) is 11.4 Å². The molecule has 1 aromatic rings. The minimum atomic E-state index is 0.0404. The molecule has 2 heteroatoms. The van der Waals surface area contributed by atoms with Crippen molar-refractivity contribution < 1.29 is 0 Å². The lowest BCUT2D eigenvalue weighted by Gasteiger charge is -2.11. The van der Waals surface area contributed by atoms with E-state index in [1.807, 2.05) is 6.92 Å². The summed E-state index contributed by atoms with van der Waals surface area (Å²) in [6, 6.07) is 4.22. The second-order valence-electron chi connectivity index (χ2n) is 4.91. The molecule has 2 bridgehead atoms. The predicted molar refractivity (Wildman–Crippen MR) is 75.7 cm³/mol. The monoisotopic (exact) mass is 236 g/mol. The van der Waals surface area contributed by atoms with Crippen LogP contribution < -0.4 is 0 Å². The number of nitrogens with zero attached hydrogens (tertiary/aromatic N) is 2. The topological polar surface area (TPSA) is 25.2 Å². The summed E-state index contributed by atoms with van der Waals surface area (Å²) in [6.07, 6.45) is 8.66. The minimum Gasteiger partial charge on any atom is -0.276 e. The van der Waals surface area contributed by atoms with Gasteiger partial charge in [0.25, 0.3) is 0 Å². The Hall–Kier alpha value is -1.96. The van der Waals surface area contributed by atoms with Gasteiger partial charge < -0.3 is 0 Å². The van der Waals surface area contributed by atoms with Crippen LogP contribution in [0.2, 0.25) is 0 Å². The number of fused-ring (bicyclic) bond motifs is 3. The molecule has 0 amide bonds. The Morgan fingerprint density at radius 2 is 1.89 bits per heavy atom. The fraction of sp³-hybridized carbons (Fsp3) is 0.250. The zero-order valence-corrected chi connectivity index (χ0v) is 10.9. The van der Waals surface area contributed by atoms with E-state index in [9.17, 15) is 0 Å². The van der Waals surface area contributed by atoms with Crippen molar-refractivity contribution in [2.45, 2.75) is 26.8 Å². The van der Waals surface area contributed by atoms with Crippen molar-refractivity contribution in [1.29, 1.82) is 0 Å². The Kier molecular flexibility index (Phi) is 2.51. The molecule has 1 unspecified atom stereocenters. The van der Waals surface area contributed by atoms with Crippen LogP contribution in [-0.2, 0) is 0 Å². The highest BCUT2D eigenvalue weighted by Crippen LogP contribution is 2.30. The van der Waals surface area contributed by atoms with E-state index in [2.05, 4.69) is 55.3 Å². The second-order valence-corrected chi connectivity index (χ2v) is 4.91. The van der Waals surface area contributed by atoms with Gasteiger partial charge in [-0.15, -0.1) is 0 Å². The molecule has 0 aromatic carbocycles. The van der Waals surface area contributed by atoms with E-state index >= 15 is 0 Å². The van der Waals surface area contributed by atoms with Crippen LogP contribution in [0.5, 0.6) is 0 Å². The SMILES string of the molecule is CC1=CC2=CC(N=C1C)c1nc(C)ccc1C=C2. The minimum absolute atomic E-state index is 0.0404. The first-order chi connectivity index (χ1) is 8.63. The number of allylic oxidation sites excluding steroid dienone is 4. The Labute approximate surface area is 107 Å². The maximum atomic E-state index is 4.79. The van der Waals surface area contributed by atoms with Gasteiger partial charge in [-0.2, -0.15) is 0 Å². The maximum absolute atomic E-state index is 4.79. The average Bonchev–Trinajstić information content (AvgIpc) is 2.58. The normalized spacial score (nSPS) is 21.3. The van der Waals surface area contributed by atoms with Crippen LogP contribution in [-0.4, -0.2) is 10.7 Å². The number of aromatic nitrogens is 1. The molecule has 1 aliphatic heterocycles. The molecule has 18 heavy (non-hydrogen) atoms. The lowest BCUT2D eigenvalue weighted by molar-refractivity contribution is 0.851. The third-order valence-electron chi connectivity index (χ3n) is 3.47. The molecule has 0 saturated heterocycles. The molecule has 90 valence electrons. The zero-order valence-electron chi connectivity index (χ0n) is 10.9. The molecular weight excluding hydrogens is 220 g/mol. The van der Waals surface area contributed by atoms with Gasteiger partial charge in [0.15, 0.2) is 0 Å². The highest BCUT2D eigenvalue weighted by atomic mass is 14.9. The van der Waals surface area contributed by atoms with Gasteiger partial charge in [0.05, 0.1) is 5.69 Å². The first-order valence-corrected chi connectivity index (χ1v) is 6.24. The van der Waals surface area contributed by atoms with Gasteiger partial charge in [-0.25, -0.2) is 0 Å². The highest BCUT2D eigenvalue weighted by Gasteiger charge is 2.18. The molecule has 1 atom stereocenters. The molecular formula is C16H16N2. The molecule has 2 nitrogen and oxygen atoms in total. The largest absolute Gasteiger partial charge is 0.276 e.